The van der Waals surface area contributed by atoms with Gasteiger partial charge in [0.25, 0.3) is 5.91 Å². The molecule has 0 radical (unpaired) electrons. The van der Waals surface area contributed by atoms with Crippen molar-refractivity contribution >= 4 is 11.8 Å². The molecule has 0 heterocycles. The third-order valence-corrected chi connectivity index (χ3v) is 6.26. The van der Waals surface area contributed by atoms with Crippen molar-refractivity contribution in [2.45, 2.75) is 70.9 Å². The summed E-state index contributed by atoms with van der Waals surface area (Å²) in [6.07, 6.45) is 5.04. The summed E-state index contributed by atoms with van der Waals surface area (Å²) in [4.78, 5) is 27.7. The van der Waals surface area contributed by atoms with E-state index in [1.807, 2.05) is 61.5 Å². The Labute approximate surface area is 192 Å². The topological polar surface area (TPSA) is 58.6 Å². The molecule has 0 spiro atoms. The van der Waals surface area contributed by atoms with Crippen LogP contribution in [0.15, 0.2) is 54.6 Å². The summed E-state index contributed by atoms with van der Waals surface area (Å²) in [6, 6.07) is 17.6. The fraction of sp³-hybridized carbons (Fsp3) is 0.481. The molecule has 3 rings (SSSR count). The molecule has 0 aromatic heterocycles. The predicted octanol–water partition coefficient (Wildman–Crippen LogP) is 4.71. The minimum Gasteiger partial charge on any atom is -0.484 e. The molecule has 2 aromatic carbocycles. The van der Waals surface area contributed by atoms with E-state index in [2.05, 4.69) is 19.2 Å². The first-order chi connectivity index (χ1) is 15.4. The molecule has 1 atom stereocenters. The van der Waals surface area contributed by atoms with Crippen LogP contribution in [-0.2, 0) is 16.0 Å². The van der Waals surface area contributed by atoms with Gasteiger partial charge in [-0.15, -0.1) is 0 Å². The fourth-order valence-corrected chi connectivity index (χ4v) is 4.14. The Balaban J connectivity index is 1.63. The molecule has 32 heavy (non-hydrogen) atoms. The zero-order valence-electron chi connectivity index (χ0n) is 19.5. The second-order valence-electron chi connectivity index (χ2n) is 9.00. The highest BCUT2D eigenvalue weighted by atomic mass is 16.5. The van der Waals surface area contributed by atoms with Crippen LogP contribution in [0, 0.1) is 0 Å². The highest BCUT2D eigenvalue weighted by Crippen LogP contribution is 2.20. The van der Waals surface area contributed by atoms with Crippen molar-refractivity contribution in [3.8, 4) is 5.75 Å². The van der Waals surface area contributed by atoms with Crippen molar-refractivity contribution in [1.29, 1.82) is 0 Å². The third kappa shape index (κ3) is 6.84. The normalized spacial score (nSPS) is 14.9. The molecule has 0 bridgehead atoms. The lowest BCUT2D eigenvalue weighted by molar-refractivity contribution is -0.141. The van der Waals surface area contributed by atoms with Crippen LogP contribution in [0.5, 0.6) is 5.75 Å². The van der Waals surface area contributed by atoms with Crippen LogP contribution in [0.1, 0.15) is 63.5 Å². The molecule has 0 saturated heterocycles. The second kappa shape index (κ2) is 11.7. The summed E-state index contributed by atoms with van der Waals surface area (Å²) in [5.41, 5.74) is 2.37. The SMILES string of the molecule is CC(C)c1ccc(OCC(=O)N(CCc2ccccc2)[C@H](C)C(=O)NC2CCCC2)cc1. The van der Waals surface area contributed by atoms with Crippen molar-refractivity contribution < 1.29 is 14.3 Å². The molecule has 2 aromatic rings. The molecule has 1 aliphatic carbocycles. The van der Waals surface area contributed by atoms with Gasteiger partial charge in [-0.1, -0.05) is 69.2 Å². The van der Waals surface area contributed by atoms with Gasteiger partial charge in [0.05, 0.1) is 0 Å². The maximum atomic E-state index is 13.1. The first kappa shape index (κ1) is 23.8. The van der Waals surface area contributed by atoms with Gasteiger partial charge >= 0.3 is 0 Å². The number of nitrogens with zero attached hydrogens (tertiary/aromatic N) is 1. The van der Waals surface area contributed by atoms with Crippen molar-refractivity contribution in [3.63, 3.8) is 0 Å². The number of ether oxygens (including phenoxy) is 1. The lowest BCUT2D eigenvalue weighted by Gasteiger charge is -2.29. The van der Waals surface area contributed by atoms with Gasteiger partial charge in [-0.2, -0.15) is 0 Å². The highest BCUT2D eigenvalue weighted by molar-refractivity contribution is 5.88. The molecule has 1 N–H and O–H groups in total. The predicted molar refractivity (Wildman–Crippen MR) is 128 cm³/mol. The van der Waals surface area contributed by atoms with Crippen LogP contribution >= 0.6 is 0 Å². The molecule has 0 aliphatic heterocycles. The summed E-state index contributed by atoms with van der Waals surface area (Å²) in [5.74, 6) is 0.842. The number of hydrogen-bond donors (Lipinski definition) is 1. The Morgan fingerprint density at radius 3 is 2.28 bits per heavy atom. The number of rotatable bonds is 10. The standard InChI is InChI=1S/C27H36N2O3/c1-20(2)23-13-15-25(16-14-23)32-19-26(30)29(18-17-22-9-5-4-6-10-22)21(3)27(31)28-24-11-7-8-12-24/h4-6,9-10,13-16,20-21,24H,7-8,11-12,17-19H2,1-3H3,(H,28,31)/t21-/m1/s1. The first-order valence-electron chi connectivity index (χ1n) is 11.8. The van der Waals surface area contributed by atoms with Gasteiger partial charge < -0.3 is 15.0 Å². The number of carbonyl (C=O) groups excluding carboxylic acids is 2. The van der Waals surface area contributed by atoms with Crippen LogP contribution < -0.4 is 10.1 Å². The summed E-state index contributed by atoms with van der Waals surface area (Å²) < 4.78 is 5.78. The van der Waals surface area contributed by atoms with E-state index in [9.17, 15) is 9.59 Å². The van der Waals surface area contributed by atoms with Crippen LogP contribution in [0.3, 0.4) is 0 Å². The van der Waals surface area contributed by atoms with Gasteiger partial charge in [0, 0.05) is 12.6 Å². The van der Waals surface area contributed by atoms with Crippen molar-refractivity contribution in [3.05, 3.63) is 65.7 Å². The van der Waals surface area contributed by atoms with Crippen molar-refractivity contribution in [1.82, 2.24) is 10.2 Å². The second-order valence-corrected chi connectivity index (χ2v) is 9.00. The Bertz CT molecular complexity index is 858. The van der Waals surface area contributed by atoms with Gasteiger partial charge in [0.15, 0.2) is 6.61 Å². The molecule has 1 fully saturated rings. The number of amides is 2. The zero-order chi connectivity index (χ0) is 22.9. The van der Waals surface area contributed by atoms with Crippen LogP contribution in [0.2, 0.25) is 0 Å². The van der Waals surface area contributed by atoms with Crippen LogP contribution in [0.4, 0.5) is 0 Å². The first-order valence-corrected chi connectivity index (χ1v) is 11.8. The minimum absolute atomic E-state index is 0.0837. The average Bonchev–Trinajstić information content (AvgIpc) is 3.31. The number of nitrogens with one attached hydrogen (secondary N) is 1. The van der Waals surface area contributed by atoms with Gasteiger partial charge in [-0.25, -0.2) is 0 Å². The number of hydrogen-bond acceptors (Lipinski definition) is 3. The van der Waals surface area contributed by atoms with E-state index in [-0.39, 0.29) is 24.5 Å². The van der Waals surface area contributed by atoms with Gasteiger partial charge in [0.1, 0.15) is 11.8 Å². The highest BCUT2D eigenvalue weighted by Gasteiger charge is 2.28. The Hall–Kier alpha value is -2.82. The summed E-state index contributed by atoms with van der Waals surface area (Å²) in [6.45, 7) is 6.48. The molecular formula is C27H36N2O3. The van der Waals surface area contributed by atoms with Crippen molar-refractivity contribution in [2.24, 2.45) is 0 Å². The smallest absolute Gasteiger partial charge is 0.261 e. The van der Waals surface area contributed by atoms with E-state index in [0.717, 1.165) is 31.2 Å². The third-order valence-electron chi connectivity index (χ3n) is 6.26. The maximum Gasteiger partial charge on any atom is 0.261 e. The van der Waals surface area contributed by atoms with Gasteiger partial charge in [-0.05, 0) is 55.4 Å². The van der Waals surface area contributed by atoms with E-state index in [1.165, 1.54) is 5.56 Å². The molecule has 1 saturated carbocycles. The summed E-state index contributed by atoms with van der Waals surface area (Å²) in [5, 5.41) is 3.13. The molecule has 1 aliphatic rings. The largest absolute Gasteiger partial charge is 0.484 e. The minimum atomic E-state index is -0.543. The van der Waals surface area contributed by atoms with E-state index >= 15 is 0 Å². The average molecular weight is 437 g/mol. The Morgan fingerprint density at radius 1 is 1.00 bits per heavy atom. The Morgan fingerprint density at radius 2 is 1.66 bits per heavy atom. The van der Waals surface area contributed by atoms with E-state index in [4.69, 9.17) is 4.74 Å². The lowest BCUT2D eigenvalue weighted by atomic mass is 10.0. The molecule has 5 heteroatoms. The maximum absolute atomic E-state index is 13.1. The molecular weight excluding hydrogens is 400 g/mol. The zero-order valence-corrected chi connectivity index (χ0v) is 19.5. The van der Waals surface area contributed by atoms with E-state index in [1.54, 1.807) is 4.90 Å². The molecule has 0 unspecified atom stereocenters. The fourth-order valence-electron chi connectivity index (χ4n) is 4.14. The van der Waals surface area contributed by atoms with Gasteiger partial charge in [0.2, 0.25) is 5.91 Å². The van der Waals surface area contributed by atoms with E-state index in [0.29, 0.717) is 24.6 Å². The quantitative estimate of drug-likeness (QED) is 0.587. The van der Waals surface area contributed by atoms with Crippen LogP contribution in [-0.4, -0.2) is 41.9 Å². The van der Waals surface area contributed by atoms with Crippen molar-refractivity contribution in [2.75, 3.05) is 13.2 Å². The molecule has 5 nitrogen and oxygen atoms in total. The summed E-state index contributed by atoms with van der Waals surface area (Å²) in [7, 11) is 0. The molecule has 2 amide bonds. The van der Waals surface area contributed by atoms with E-state index < -0.39 is 6.04 Å². The monoisotopic (exact) mass is 436 g/mol. The summed E-state index contributed by atoms with van der Waals surface area (Å²) >= 11 is 0. The van der Waals surface area contributed by atoms with Crippen LogP contribution in [0.25, 0.3) is 0 Å². The number of carbonyl (C=O) groups is 2. The lowest BCUT2D eigenvalue weighted by Crippen LogP contribution is -2.51. The number of benzene rings is 2. The molecule has 172 valence electrons. The Kier molecular flexibility index (Phi) is 8.72. The van der Waals surface area contributed by atoms with Gasteiger partial charge in [-0.3, -0.25) is 9.59 Å².